The van der Waals surface area contributed by atoms with Gasteiger partial charge in [-0.2, -0.15) is 4.21 Å². The van der Waals surface area contributed by atoms with Crippen LogP contribution >= 0.6 is 15.9 Å². The maximum absolute atomic E-state index is 14.1. The van der Waals surface area contributed by atoms with E-state index in [2.05, 4.69) is 22.9 Å². The third-order valence-corrected chi connectivity index (χ3v) is 8.84. The molecule has 4 aromatic rings. The number of nitrogens with zero attached hydrogens (tertiary/aromatic N) is 1. The van der Waals surface area contributed by atoms with E-state index in [-0.39, 0.29) is 0 Å². The van der Waals surface area contributed by atoms with Crippen molar-refractivity contribution in [3.05, 3.63) is 94.6 Å². The topological polar surface area (TPSA) is 51.5 Å². The largest absolute Gasteiger partial charge is 0.488 e. The molecule has 0 spiro atoms. The van der Waals surface area contributed by atoms with Gasteiger partial charge in [-0.3, -0.25) is 4.55 Å². The van der Waals surface area contributed by atoms with E-state index < -0.39 is 9.53 Å². The number of benzene rings is 3. The van der Waals surface area contributed by atoms with Gasteiger partial charge >= 0.3 is 0 Å². The summed E-state index contributed by atoms with van der Waals surface area (Å²) in [5.41, 5.74) is 2.60. The van der Waals surface area contributed by atoms with Crippen molar-refractivity contribution < 1.29 is 13.5 Å². The van der Waals surface area contributed by atoms with Crippen LogP contribution in [0.2, 0.25) is 0 Å². The fourth-order valence-corrected chi connectivity index (χ4v) is 6.76. The maximum Gasteiger partial charge on any atom is 0.134 e. The number of ether oxygens (including phenoxy) is 1. The summed E-state index contributed by atoms with van der Waals surface area (Å²) in [6.45, 7) is 2.52. The van der Waals surface area contributed by atoms with Crippen LogP contribution in [0.5, 0.6) is 5.75 Å². The molecule has 0 bridgehead atoms. The van der Waals surface area contributed by atoms with Crippen molar-refractivity contribution in [2.45, 2.75) is 31.3 Å². The molecule has 1 aromatic heterocycles. The lowest BCUT2D eigenvalue weighted by Crippen LogP contribution is -2.39. The van der Waals surface area contributed by atoms with Crippen molar-refractivity contribution in [1.82, 2.24) is 3.97 Å². The number of aromatic nitrogens is 1. The predicted octanol–water partition coefficient (Wildman–Crippen LogP) is 6.68. The number of hydrogen-bond acceptors (Lipinski definition) is 2. The smallest absolute Gasteiger partial charge is 0.134 e. The van der Waals surface area contributed by atoms with Crippen molar-refractivity contribution in [2.24, 2.45) is 0 Å². The molecule has 0 radical (unpaired) electrons. The van der Waals surface area contributed by atoms with Crippen LogP contribution in [-0.4, -0.2) is 19.0 Å². The lowest BCUT2D eigenvalue weighted by atomic mass is 10.2. The zero-order valence-electron chi connectivity index (χ0n) is 17.6. The van der Waals surface area contributed by atoms with Crippen LogP contribution in [0.3, 0.4) is 0 Å². The number of hydrogen-bond donors (Lipinski definition) is 1. The van der Waals surface area contributed by atoms with E-state index in [1.807, 2.05) is 54.6 Å². The van der Waals surface area contributed by atoms with Crippen molar-refractivity contribution in [3.8, 4) is 5.75 Å². The molecule has 3 aromatic carbocycles. The Labute approximate surface area is 191 Å². The number of halogens is 1. The van der Waals surface area contributed by atoms with E-state index in [0.717, 1.165) is 27.5 Å². The minimum Gasteiger partial charge on any atom is -0.488 e. The lowest BCUT2D eigenvalue weighted by Gasteiger charge is -2.42. The van der Waals surface area contributed by atoms with Crippen molar-refractivity contribution in [3.63, 3.8) is 0 Å². The van der Waals surface area contributed by atoms with Crippen molar-refractivity contribution in [1.29, 1.82) is 0 Å². The Hall–Kier alpha value is -2.41. The van der Waals surface area contributed by atoms with Gasteiger partial charge in [-0.15, -0.1) is 0 Å². The zero-order valence-corrected chi connectivity index (χ0v) is 20.0. The highest BCUT2D eigenvalue weighted by Gasteiger charge is 2.31. The summed E-state index contributed by atoms with van der Waals surface area (Å²) in [5, 5.41) is 0.861. The number of fused-ring (bicyclic) bond motifs is 1. The predicted molar refractivity (Wildman–Crippen MR) is 131 cm³/mol. The summed E-state index contributed by atoms with van der Waals surface area (Å²) in [6.07, 6.45) is 2.99. The standard InChI is InChI=1S/C25H26BrNO3S/c1-3-10-20-17-22-23(27(20)31(2,28,29)21-13-8-5-9-14-21)15-16-24(25(22)26)30-18-19-11-6-4-7-12-19/h4-9,11-17H,3,10,18H2,1-2H3,(H,28,29). The van der Waals surface area contributed by atoms with Gasteiger partial charge in [-0.25, -0.2) is 3.97 Å². The van der Waals surface area contributed by atoms with Crippen molar-refractivity contribution in [2.75, 3.05) is 6.26 Å². The third kappa shape index (κ3) is 4.07. The Morgan fingerprint density at radius 1 is 1.00 bits per heavy atom. The molecule has 0 unspecified atom stereocenters. The van der Waals surface area contributed by atoms with E-state index in [1.54, 1.807) is 28.2 Å². The second-order valence-corrected chi connectivity index (χ2v) is 11.9. The summed E-state index contributed by atoms with van der Waals surface area (Å²) in [5.74, 6) is 0.703. The van der Waals surface area contributed by atoms with Gasteiger partial charge < -0.3 is 4.74 Å². The van der Waals surface area contributed by atoms with E-state index in [1.165, 1.54) is 6.26 Å². The van der Waals surface area contributed by atoms with Gasteiger partial charge in [0.05, 0.1) is 14.9 Å². The van der Waals surface area contributed by atoms with Crippen LogP contribution in [0.25, 0.3) is 10.9 Å². The molecular weight excluding hydrogens is 474 g/mol. The Balaban J connectivity index is 1.84. The molecule has 0 amide bonds. The lowest BCUT2D eigenvalue weighted by molar-refractivity contribution is 0.305. The average Bonchev–Trinajstić information content (AvgIpc) is 3.15. The fourth-order valence-electron chi connectivity index (χ4n) is 3.88. The molecule has 4 nitrogen and oxygen atoms in total. The summed E-state index contributed by atoms with van der Waals surface area (Å²) < 4.78 is 34.2. The molecule has 0 atom stereocenters. The molecule has 4 rings (SSSR count). The first kappa shape index (κ1) is 21.8. The van der Waals surface area contributed by atoms with Gasteiger partial charge in [-0.05, 0) is 58.2 Å². The fraction of sp³-hybridized carbons (Fsp3) is 0.200. The van der Waals surface area contributed by atoms with Gasteiger partial charge in [0.1, 0.15) is 12.4 Å². The highest BCUT2D eigenvalue weighted by Crippen LogP contribution is 2.42. The van der Waals surface area contributed by atoms with Crippen LogP contribution < -0.4 is 4.74 Å². The zero-order chi connectivity index (χ0) is 22.1. The Morgan fingerprint density at radius 2 is 1.65 bits per heavy atom. The molecular formula is C25H26BrNO3S. The Bertz CT molecular complexity index is 1280. The first-order valence-corrected chi connectivity index (χ1v) is 13.3. The monoisotopic (exact) mass is 499 g/mol. The normalized spacial score (nSPS) is 13.1. The Kier molecular flexibility index (Phi) is 5.81. The molecule has 1 N–H and O–H groups in total. The van der Waals surface area contributed by atoms with E-state index in [9.17, 15) is 8.76 Å². The summed E-state index contributed by atoms with van der Waals surface area (Å²) in [6, 6.07) is 24.6. The van der Waals surface area contributed by atoms with Crippen LogP contribution in [0.15, 0.2) is 88.2 Å². The van der Waals surface area contributed by atoms with Gasteiger partial charge in [0, 0.05) is 17.3 Å². The van der Waals surface area contributed by atoms with Crippen LogP contribution in [0.1, 0.15) is 24.6 Å². The molecule has 0 saturated carbocycles. The molecule has 0 aliphatic carbocycles. The summed E-state index contributed by atoms with van der Waals surface area (Å²) in [4.78, 5) is 0.398. The van der Waals surface area contributed by atoms with Crippen LogP contribution in [-0.2, 0) is 22.6 Å². The average molecular weight is 500 g/mol. The second kappa shape index (κ2) is 8.26. The molecule has 31 heavy (non-hydrogen) atoms. The van der Waals surface area contributed by atoms with Gasteiger partial charge in [-0.1, -0.05) is 71.4 Å². The van der Waals surface area contributed by atoms with Crippen LogP contribution in [0, 0.1) is 0 Å². The summed E-state index contributed by atoms with van der Waals surface area (Å²) in [7, 11) is -4.35. The molecule has 162 valence electrons. The highest BCUT2D eigenvalue weighted by molar-refractivity contribution is 9.10. The SMILES string of the molecule is CCCc1cc2c(Br)c(OCc3ccccc3)ccc2n1S(C)(=O)(O)c1ccccc1. The summed E-state index contributed by atoms with van der Waals surface area (Å²) >= 11 is 3.68. The molecule has 6 heteroatoms. The van der Waals surface area contributed by atoms with E-state index in [4.69, 9.17) is 4.74 Å². The maximum atomic E-state index is 14.1. The minimum atomic E-state index is -4.35. The molecule has 0 fully saturated rings. The van der Waals surface area contributed by atoms with Gasteiger partial charge in [0.25, 0.3) is 0 Å². The molecule has 0 aliphatic heterocycles. The third-order valence-electron chi connectivity index (χ3n) is 5.37. The van der Waals surface area contributed by atoms with Crippen LogP contribution in [0.4, 0.5) is 0 Å². The van der Waals surface area contributed by atoms with Gasteiger partial charge in [0.15, 0.2) is 0 Å². The van der Waals surface area contributed by atoms with E-state index >= 15 is 0 Å². The first-order chi connectivity index (χ1) is 14.8. The first-order valence-electron chi connectivity index (χ1n) is 10.2. The number of rotatable bonds is 7. The molecule has 0 aliphatic rings. The highest BCUT2D eigenvalue weighted by atomic mass is 79.9. The van der Waals surface area contributed by atoms with E-state index in [0.29, 0.717) is 29.2 Å². The quantitative estimate of drug-likeness (QED) is 0.308. The Morgan fingerprint density at radius 3 is 2.29 bits per heavy atom. The minimum absolute atomic E-state index is 0.398. The second-order valence-electron chi connectivity index (χ2n) is 7.81. The van der Waals surface area contributed by atoms with Crippen molar-refractivity contribution >= 4 is 36.4 Å². The molecule has 0 saturated heterocycles. The number of aryl methyl sites for hydroxylation is 1. The van der Waals surface area contributed by atoms with Gasteiger partial charge in [0.2, 0.25) is 0 Å². The molecule has 1 heterocycles.